The number of thiophene rings is 1. The van der Waals surface area contributed by atoms with Crippen molar-refractivity contribution in [2.75, 3.05) is 54.6 Å². The number of sulfonamides is 1. The second-order valence-corrected chi connectivity index (χ2v) is 36.2. The van der Waals surface area contributed by atoms with Gasteiger partial charge in [0, 0.05) is 123 Å². The normalized spacial score (nSPS) is 16.0. The van der Waals surface area contributed by atoms with Crippen molar-refractivity contribution in [2.24, 2.45) is 0 Å². The molecule has 4 unspecified atom stereocenters. The zero-order valence-corrected chi connectivity index (χ0v) is 74.5. The summed E-state index contributed by atoms with van der Waals surface area (Å²) >= 11 is 38.9. The molecule has 0 fully saturated rings. The Kier molecular flexibility index (Phi) is 25.4. The van der Waals surface area contributed by atoms with Crippen molar-refractivity contribution in [1.29, 1.82) is 0 Å². The predicted molar refractivity (Wildman–Crippen MR) is 492 cm³/mol. The van der Waals surface area contributed by atoms with Crippen molar-refractivity contribution in [3.63, 3.8) is 0 Å². The Balaban J connectivity index is 0.000000119. The van der Waals surface area contributed by atoms with Gasteiger partial charge in [-0.2, -0.15) is 4.31 Å². The molecule has 0 saturated carbocycles. The molecule has 16 aromatic rings. The molecule has 0 aliphatic carbocycles. The van der Waals surface area contributed by atoms with Crippen molar-refractivity contribution < 1.29 is 59.3 Å². The minimum absolute atomic E-state index is 0.0743. The lowest BCUT2D eigenvalue weighted by atomic mass is 9.91. The molecule has 3 amide bonds. The first-order chi connectivity index (χ1) is 61.4. The number of nitrogens with zero attached hydrogens (tertiary/aromatic N) is 4. The highest BCUT2D eigenvalue weighted by Gasteiger charge is 2.43. The van der Waals surface area contributed by atoms with Crippen LogP contribution in [0.25, 0.3) is 43.6 Å². The number of carbonyl (C=O) groups is 3. The van der Waals surface area contributed by atoms with Gasteiger partial charge in [0.05, 0.1) is 74.6 Å². The number of ether oxygens (including phenoxy) is 4. The van der Waals surface area contributed by atoms with Crippen LogP contribution in [0, 0.1) is 23.3 Å². The van der Waals surface area contributed by atoms with Crippen LogP contribution in [0.15, 0.2) is 247 Å². The van der Waals surface area contributed by atoms with E-state index in [0.717, 1.165) is 145 Å². The van der Waals surface area contributed by atoms with Crippen LogP contribution in [0.3, 0.4) is 0 Å². The Labute approximate surface area is 762 Å². The molecular weight excluding hydrogens is 1790 g/mol. The highest BCUT2D eigenvalue weighted by molar-refractivity contribution is 7.89. The predicted octanol–water partition coefficient (Wildman–Crippen LogP) is 23.9. The quantitative estimate of drug-likeness (QED) is 0.0604. The molecule has 11 aromatic carbocycles. The Morgan fingerprint density at radius 2 is 0.772 bits per heavy atom. The van der Waals surface area contributed by atoms with E-state index in [1.807, 2.05) is 174 Å². The molecule has 4 aliphatic heterocycles. The van der Waals surface area contributed by atoms with Crippen molar-refractivity contribution in [1.82, 2.24) is 38.9 Å². The Morgan fingerprint density at radius 1 is 0.394 bits per heavy atom. The second-order valence-electron chi connectivity index (χ2n) is 30.8. The van der Waals surface area contributed by atoms with E-state index in [2.05, 4.69) is 19.9 Å². The summed E-state index contributed by atoms with van der Waals surface area (Å²) in [7, 11) is 2.56. The number of amides is 3. The van der Waals surface area contributed by atoms with E-state index >= 15 is 0 Å². The maximum Gasteiger partial charge on any atom is 0.257 e. The molecule has 0 bridgehead atoms. The third-order valence-corrected chi connectivity index (χ3v) is 28.1. The van der Waals surface area contributed by atoms with Gasteiger partial charge in [-0.3, -0.25) is 14.4 Å². The number of hydrogen-bond donors (Lipinski definition) is 4. The van der Waals surface area contributed by atoms with Crippen LogP contribution < -0.4 is 18.9 Å². The summed E-state index contributed by atoms with van der Waals surface area (Å²) in [5.41, 5.74) is 15.3. The van der Waals surface area contributed by atoms with E-state index in [-0.39, 0.29) is 45.4 Å². The lowest BCUT2D eigenvalue weighted by Crippen LogP contribution is -2.41. The molecule has 0 saturated heterocycles. The number of H-pyrrole nitrogens is 4. The van der Waals surface area contributed by atoms with Gasteiger partial charge in [-0.25, -0.2) is 26.0 Å². The molecule has 5 aromatic heterocycles. The van der Waals surface area contributed by atoms with Crippen LogP contribution >= 0.6 is 80.9 Å². The third-order valence-electron chi connectivity index (χ3n) is 23.6. The molecule has 646 valence electrons. The van der Waals surface area contributed by atoms with Crippen molar-refractivity contribution >= 4 is 152 Å². The van der Waals surface area contributed by atoms with Crippen LogP contribution in [-0.4, -0.2) is 120 Å². The number of rotatable bonds is 14. The zero-order valence-electron chi connectivity index (χ0n) is 68.3. The lowest BCUT2D eigenvalue weighted by molar-refractivity contribution is -0.132. The van der Waals surface area contributed by atoms with E-state index in [1.54, 1.807) is 87.1 Å². The van der Waals surface area contributed by atoms with E-state index < -0.39 is 56.8 Å². The number of methoxy groups -OCH3 is 4. The standard InChI is InChI=1S/C25H19Cl2FN2O2.C25H18ClF3N2O2.C24H20Cl2N2O3S.C24H21ClN2O2S/c1-32-17-6-2-14(3-7-17)24-23-18(19-13-16(26)5-9-22(19)29-23)10-11-30(24)25(31)15-4-8-21(28)20(27)12-15;1-33-15-5-2-13(3-6-15)24-23-16(18-12-14(26)4-9-20(18)30-23)10-11-31(24)25(32)17-7-8-19(27)22(29)21(17)28;1-31-17-9-6-15(7-10-17)24-23-18(19-14-16(25)8-11-21(19)27-23)12-13-28(24)32(29,30)22-5-3-2-4-20(22)26;1-29-17-7-4-15(5-8-17)24-23-19(20-13-16(25)6-9-21(20)26-23)10-11-27(24)22(28)14-18-3-2-12-30-18/h2-9,12-13,24,29H,10-11H2,1H3;2-9,12,24,30H,10-11H2,1H3;2-11,14,24,27H,12-13H2,1H3;2-9,12-13,24,26H,10-11,14H2,1H3. The zero-order chi connectivity index (χ0) is 88.8. The summed E-state index contributed by atoms with van der Waals surface area (Å²) in [6.45, 7) is 1.74. The van der Waals surface area contributed by atoms with Crippen molar-refractivity contribution in [3.8, 4) is 23.0 Å². The molecule has 17 nitrogen and oxygen atoms in total. The maximum atomic E-state index is 14.5. The monoisotopic (exact) mass is 1860 g/mol. The molecule has 4 N–H and O–H groups in total. The fraction of sp³-hybridized carbons (Fsp3) is 0.173. The molecule has 4 atom stereocenters. The van der Waals surface area contributed by atoms with Crippen molar-refractivity contribution in [2.45, 2.75) is 61.2 Å². The van der Waals surface area contributed by atoms with E-state index in [4.69, 9.17) is 88.6 Å². The number of aromatic nitrogens is 4. The number of benzene rings is 11. The highest BCUT2D eigenvalue weighted by Crippen LogP contribution is 2.47. The van der Waals surface area contributed by atoms with Crippen LogP contribution in [0.4, 0.5) is 17.6 Å². The molecule has 0 spiro atoms. The molecule has 127 heavy (non-hydrogen) atoms. The van der Waals surface area contributed by atoms with E-state index in [9.17, 15) is 40.4 Å². The van der Waals surface area contributed by atoms with Crippen LogP contribution in [-0.2, 0) is 46.9 Å². The molecule has 4 aliphatic rings. The largest absolute Gasteiger partial charge is 0.497 e. The number of hydrogen-bond acceptors (Lipinski definition) is 10. The molecule has 20 rings (SSSR count). The summed E-state index contributed by atoms with van der Waals surface area (Å²) in [4.78, 5) is 60.6. The lowest BCUT2D eigenvalue weighted by Gasteiger charge is -2.36. The third kappa shape index (κ3) is 17.3. The Morgan fingerprint density at radius 3 is 1.17 bits per heavy atom. The van der Waals surface area contributed by atoms with E-state index in [1.165, 1.54) is 33.0 Å². The topological polar surface area (TPSA) is 198 Å². The van der Waals surface area contributed by atoms with E-state index in [0.29, 0.717) is 77.4 Å². The summed E-state index contributed by atoms with van der Waals surface area (Å²) in [6, 6.07) is 67.8. The smallest absolute Gasteiger partial charge is 0.257 e. The van der Waals surface area contributed by atoms with Gasteiger partial charge in [-0.15, -0.1) is 11.3 Å². The first-order valence-corrected chi connectivity index (χ1v) is 45.0. The summed E-state index contributed by atoms with van der Waals surface area (Å²) in [5, 5.41) is 8.93. The second kappa shape index (κ2) is 36.9. The molecular formula is C98H78Cl6F4N8O9S2. The molecule has 9 heterocycles. The number of carbonyl (C=O) groups excluding carboxylic acids is 3. The average Bonchev–Trinajstić information content (AvgIpc) is 1.66. The maximum absolute atomic E-state index is 14.5. The van der Waals surface area contributed by atoms with Gasteiger partial charge in [0.1, 0.15) is 33.7 Å². The van der Waals surface area contributed by atoms with Gasteiger partial charge < -0.3 is 53.6 Å². The number of aromatic amines is 4. The van der Waals surface area contributed by atoms with Crippen molar-refractivity contribution in [3.05, 3.63) is 379 Å². The fourth-order valence-electron chi connectivity index (χ4n) is 17.6. The number of fused-ring (bicyclic) bond motifs is 12. The number of nitrogens with one attached hydrogen (secondary N) is 4. The van der Waals surface area contributed by atoms with Gasteiger partial charge in [-0.05, 0) is 245 Å². The minimum atomic E-state index is -3.87. The SMILES string of the molecule is COc1ccc(C2c3[nH]c4ccc(Cl)cc4c3CCN2C(=O)Cc2cccs2)cc1.COc1ccc(C2c3[nH]c4ccc(Cl)cc4c3CCN2C(=O)c2ccc(F)c(Cl)c2)cc1.COc1ccc(C2c3[nH]c4ccc(Cl)cc4c3CCN2C(=O)c2ccc(F)c(F)c2F)cc1.COc1ccc(C2c3[nH]c4ccc(Cl)cc4c3CCN2S(=O)(=O)c2ccccc2Cl)cc1. The number of halogens is 10. The first kappa shape index (κ1) is 87.3. The first-order valence-electron chi connectivity index (χ1n) is 40.4. The fourth-order valence-corrected chi connectivity index (χ4v) is 21.2. The average molecular weight is 1860 g/mol. The molecule has 0 radical (unpaired) electrons. The molecule has 29 heteroatoms. The highest BCUT2D eigenvalue weighted by atomic mass is 35.5. The van der Waals surface area contributed by atoms with Gasteiger partial charge in [0.2, 0.25) is 15.9 Å². The van der Waals surface area contributed by atoms with Gasteiger partial charge >= 0.3 is 0 Å². The van der Waals surface area contributed by atoms with Crippen LogP contribution in [0.1, 0.15) is 117 Å². The van der Waals surface area contributed by atoms with Crippen LogP contribution in [0.5, 0.6) is 23.0 Å². The Bertz CT molecular complexity index is 7000. The minimum Gasteiger partial charge on any atom is -0.497 e. The summed E-state index contributed by atoms with van der Waals surface area (Å²) in [6.07, 6.45) is 2.94. The summed E-state index contributed by atoms with van der Waals surface area (Å²) < 4.78 is 106. The Hall–Kier alpha value is -11.7. The van der Waals surface area contributed by atoms with Gasteiger partial charge in [0.15, 0.2) is 17.5 Å². The van der Waals surface area contributed by atoms with Gasteiger partial charge in [0.25, 0.3) is 11.8 Å². The van der Waals surface area contributed by atoms with Crippen LogP contribution in [0.2, 0.25) is 30.1 Å². The summed E-state index contributed by atoms with van der Waals surface area (Å²) in [5.74, 6) is -2.98. The van der Waals surface area contributed by atoms with Gasteiger partial charge in [-0.1, -0.05) is 136 Å².